The minimum atomic E-state index is -0.134. The number of benzene rings is 1. The number of hydrogen-bond acceptors (Lipinski definition) is 4. The summed E-state index contributed by atoms with van der Waals surface area (Å²) in [6, 6.07) is 7.35. The Kier molecular flexibility index (Phi) is 4.20. The van der Waals surface area contributed by atoms with E-state index in [0.717, 1.165) is 18.2 Å². The molecule has 1 aromatic carbocycles. The predicted molar refractivity (Wildman–Crippen MR) is 82.4 cm³/mol. The molecule has 1 aliphatic rings. The fourth-order valence-corrected chi connectivity index (χ4v) is 2.43. The van der Waals surface area contributed by atoms with Crippen molar-refractivity contribution in [3.63, 3.8) is 0 Å². The molecule has 0 saturated heterocycles. The third-order valence-electron chi connectivity index (χ3n) is 3.83. The maximum atomic E-state index is 12.4. The molecular weight excluding hydrogens is 282 g/mol. The van der Waals surface area contributed by atoms with Gasteiger partial charge in [0.15, 0.2) is 0 Å². The summed E-state index contributed by atoms with van der Waals surface area (Å²) in [6.07, 6.45) is 1.93. The van der Waals surface area contributed by atoms with Crippen LogP contribution in [0.5, 0.6) is 0 Å². The van der Waals surface area contributed by atoms with Gasteiger partial charge in [0.1, 0.15) is 0 Å². The Morgan fingerprint density at radius 2 is 2.09 bits per heavy atom. The van der Waals surface area contributed by atoms with Gasteiger partial charge >= 0.3 is 0 Å². The average Bonchev–Trinajstić information content (AvgIpc) is 3.38. The number of carbonyl (C=O) groups is 1. The van der Waals surface area contributed by atoms with Gasteiger partial charge in [0.05, 0.1) is 30.8 Å². The number of amides is 1. The Bertz CT molecular complexity index is 750. The molecule has 1 N–H and O–H groups in total. The van der Waals surface area contributed by atoms with Crippen LogP contribution in [0, 0.1) is 5.92 Å². The van der Waals surface area contributed by atoms with Crippen molar-refractivity contribution in [1.82, 2.24) is 15.1 Å². The monoisotopic (exact) mass is 301 g/mol. The predicted octanol–water partition coefficient (Wildman–Crippen LogP) is 1.07. The molecule has 0 atom stereocenters. The molecular formula is C16H19N3O3. The van der Waals surface area contributed by atoms with Gasteiger partial charge in [0.25, 0.3) is 5.56 Å². The van der Waals surface area contributed by atoms with Crippen LogP contribution in [0.25, 0.3) is 10.8 Å². The number of rotatable bonds is 6. The van der Waals surface area contributed by atoms with Crippen molar-refractivity contribution in [3.05, 3.63) is 40.3 Å². The van der Waals surface area contributed by atoms with Crippen molar-refractivity contribution in [2.24, 2.45) is 5.92 Å². The minimum Gasteiger partial charge on any atom is -0.383 e. The molecule has 1 saturated carbocycles. The Morgan fingerprint density at radius 1 is 1.36 bits per heavy atom. The van der Waals surface area contributed by atoms with E-state index in [1.807, 2.05) is 18.2 Å². The zero-order valence-corrected chi connectivity index (χ0v) is 12.5. The van der Waals surface area contributed by atoms with Crippen LogP contribution in [0.4, 0.5) is 0 Å². The van der Waals surface area contributed by atoms with E-state index in [2.05, 4.69) is 10.4 Å². The van der Waals surface area contributed by atoms with Gasteiger partial charge in [-0.3, -0.25) is 9.59 Å². The van der Waals surface area contributed by atoms with Gasteiger partial charge in [-0.1, -0.05) is 18.2 Å². The lowest BCUT2D eigenvalue weighted by atomic mass is 10.1. The van der Waals surface area contributed by atoms with Crippen molar-refractivity contribution in [1.29, 1.82) is 0 Å². The first-order valence-electron chi connectivity index (χ1n) is 7.46. The molecule has 0 bridgehead atoms. The summed E-state index contributed by atoms with van der Waals surface area (Å²) in [4.78, 5) is 24.2. The third kappa shape index (κ3) is 3.01. The SMILES string of the molecule is COCCn1nc(CNC(=O)C2CC2)c2ccccc2c1=O. The molecule has 1 heterocycles. The average molecular weight is 301 g/mol. The zero-order valence-electron chi connectivity index (χ0n) is 12.5. The van der Waals surface area contributed by atoms with Crippen molar-refractivity contribution >= 4 is 16.7 Å². The molecule has 0 spiro atoms. The van der Waals surface area contributed by atoms with Gasteiger partial charge in [-0.2, -0.15) is 5.10 Å². The third-order valence-corrected chi connectivity index (χ3v) is 3.83. The van der Waals surface area contributed by atoms with Gasteiger partial charge in [-0.25, -0.2) is 4.68 Å². The van der Waals surface area contributed by atoms with E-state index >= 15 is 0 Å². The molecule has 6 nitrogen and oxygen atoms in total. The van der Waals surface area contributed by atoms with Crippen molar-refractivity contribution in [2.75, 3.05) is 13.7 Å². The molecule has 1 fully saturated rings. The van der Waals surface area contributed by atoms with Crippen LogP contribution in [0.15, 0.2) is 29.1 Å². The molecule has 1 aromatic heterocycles. The number of ether oxygens (including phenoxy) is 1. The fraction of sp³-hybridized carbons (Fsp3) is 0.438. The maximum Gasteiger partial charge on any atom is 0.274 e. The second kappa shape index (κ2) is 6.27. The first kappa shape index (κ1) is 14.7. The topological polar surface area (TPSA) is 73.2 Å². The Balaban J connectivity index is 1.93. The highest BCUT2D eigenvalue weighted by atomic mass is 16.5. The molecule has 6 heteroatoms. The molecule has 0 unspecified atom stereocenters. The van der Waals surface area contributed by atoms with Crippen molar-refractivity contribution in [2.45, 2.75) is 25.9 Å². The van der Waals surface area contributed by atoms with Crippen LogP contribution >= 0.6 is 0 Å². The van der Waals surface area contributed by atoms with Crippen LogP contribution in [-0.2, 0) is 22.6 Å². The normalized spacial score (nSPS) is 14.2. The molecule has 1 amide bonds. The van der Waals surface area contributed by atoms with Gasteiger partial charge < -0.3 is 10.1 Å². The molecule has 116 valence electrons. The summed E-state index contributed by atoms with van der Waals surface area (Å²) in [6.45, 7) is 1.14. The number of aromatic nitrogens is 2. The smallest absolute Gasteiger partial charge is 0.274 e. The van der Waals surface area contributed by atoms with E-state index in [0.29, 0.717) is 30.8 Å². The zero-order chi connectivity index (χ0) is 15.5. The van der Waals surface area contributed by atoms with Crippen LogP contribution in [0.2, 0.25) is 0 Å². The van der Waals surface area contributed by atoms with Crippen LogP contribution in [-0.4, -0.2) is 29.4 Å². The highest BCUT2D eigenvalue weighted by Crippen LogP contribution is 2.28. The molecule has 0 radical (unpaired) electrons. The quantitative estimate of drug-likeness (QED) is 0.866. The van der Waals surface area contributed by atoms with E-state index in [9.17, 15) is 9.59 Å². The Labute approximate surface area is 128 Å². The lowest BCUT2D eigenvalue weighted by Crippen LogP contribution is -2.30. The standard InChI is InChI=1S/C16H19N3O3/c1-22-9-8-19-16(21)13-5-3-2-4-12(13)14(18-19)10-17-15(20)11-6-7-11/h2-5,11H,6-10H2,1H3,(H,17,20). The minimum absolute atomic E-state index is 0.0699. The van der Waals surface area contributed by atoms with Gasteiger partial charge in [0, 0.05) is 18.4 Å². The van der Waals surface area contributed by atoms with Gasteiger partial charge in [0.2, 0.25) is 5.91 Å². The summed E-state index contributed by atoms with van der Waals surface area (Å²) >= 11 is 0. The van der Waals surface area contributed by atoms with E-state index in [1.165, 1.54) is 4.68 Å². The fourth-order valence-electron chi connectivity index (χ4n) is 2.43. The van der Waals surface area contributed by atoms with Gasteiger partial charge in [-0.15, -0.1) is 0 Å². The number of methoxy groups -OCH3 is 1. The number of carbonyl (C=O) groups excluding carboxylic acids is 1. The van der Waals surface area contributed by atoms with Gasteiger partial charge in [-0.05, 0) is 18.9 Å². The van der Waals surface area contributed by atoms with Crippen LogP contribution < -0.4 is 10.9 Å². The highest BCUT2D eigenvalue weighted by molar-refractivity contribution is 5.85. The highest BCUT2D eigenvalue weighted by Gasteiger charge is 2.29. The summed E-state index contributed by atoms with van der Waals surface area (Å²) < 4.78 is 6.43. The number of hydrogen-bond donors (Lipinski definition) is 1. The molecule has 22 heavy (non-hydrogen) atoms. The van der Waals surface area contributed by atoms with E-state index < -0.39 is 0 Å². The summed E-state index contributed by atoms with van der Waals surface area (Å²) in [5.74, 6) is 0.228. The molecule has 3 rings (SSSR count). The summed E-state index contributed by atoms with van der Waals surface area (Å²) in [5.41, 5.74) is 0.574. The van der Waals surface area contributed by atoms with E-state index in [4.69, 9.17) is 4.74 Å². The van der Waals surface area contributed by atoms with Crippen LogP contribution in [0.1, 0.15) is 18.5 Å². The maximum absolute atomic E-state index is 12.4. The summed E-state index contributed by atoms with van der Waals surface area (Å²) in [7, 11) is 1.59. The number of nitrogens with zero attached hydrogens (tertiary/aromatic N) is 2. The molecule has 0 aliphatic heterocycles. The first-order valence-corrected chi connectivity index (χ1v) is 7.46. The second-order valence-corrected chi connectivity index (χ2v) is 5.51. The largest absolute Gasteiger partial charge is 0.383 e. The summed E-state index contributed by atoms with van der Waals surface area (Å²) in [5, 5.41) is 8.71. The van der Waals surface area contributed by atoms with Crippen molar-refractivity contribution in [3.8, 4) is 0 Å². The molecule has 2 aromatic rings. The van der Waals surface area contributed by atoms with E-state index in [1.54, 1.807) is 13.2 Å². The Hall–Kier alpha value is -2.21. The lowest BCUT2D eigenvalue weighted by molar-refractivity contribution is -0.122. The van der Waals surface area contributed by atoms with Crippen molar-refractivity contribution < 1.29 is 9.53 Å². The number of fused-ring (bicyclic) bond motifs is 1. The molecule has 1 aliphatic carbocycles. The number of nitrogens with one attached hydrogen (secondary N) is 1. The first-order chi connectivity index (χ1) is 10.7. The van der Waals surface area contributed by atoms with E-state index in [-0.39, 0.29) is 17.4 Å². The van der Waals surface area contributed by atoms with Crippen LogP contribution in [0.3, 0.4) is 0 Å². The Morgan fingerprint density at radius 3 is 2.77 bits per heavy atom. The second-order valence-electron chi connectivity index (χ2n) is 5.51. The lowest BCUT2D eigenvalue weighted by Gasteiger charge is -2.11.